The highest BCUT2D eigenvalue weighted by molar-refractivity contribution is 7.18. The van der Waals surface area contributed by atoms with E-state index in [4.69, 9.17) is 4.74 Å². The maximum atomic E-state index is 12.2. The minimum atomic E-state index is -0.413. The van der Waals surface area contributed by atoms with Crippen LogP contribution >= 0.6 is 11.3 Å². The van der Waals surface area contributed by atoms with Gasteiger partial charge in [0.1, 0.15) is 11.6 Å². The van der Waals surface area contributed by atoms with E-state index in [9.17, 15) is 9.59 Å². The van der Waals surface area contributed by atoms with E-state index in [1.807, 2.05) is 24.3 Å². The molecule has 25 heavy (non-hydrogen) atoms. The number of para-hydroxylation sites is 1. The van der Waals surface area contributed by atoms with Crippen molar-refractivity contribution in [3.05, 3.63) is 69.6 Å². The summed E-state index contributed by atoms with van der Waals surface area (Å²) in [4.78, 5) is 28.4. The normalized spacial score (nSPS) is 11.0. The molecule has 0 saturated heterocycles. The van der Waals surface area contributed by atoms with E-state index in [0.717, 1.165) is 15.2 Å². The van der Waals surface area contributed by atoms with Crippen LogP contribution in [-0.2, 0) is 22.6 Å². The van der Waals surface area contributed by atoms with Crippen molar-refractivity contribution in [2.75, 3.05) is 0 Å². The predicted octanol–water partition coefficient (Wildman–Crippen LogP) is 2.82. The number of carbonyl (C=O) groups excluding carboxylic acids is 1. The number of carbonyl (C=O) groups is 1. The molecule has 0 saturated carbocycles. The molecule has 4 rings (SSSR count). The van der Waals surface area contributed by atoms with Crippen molar-refractivity contribution in [1.29, 1.82) is 0 Å². The van der Waals surface area contributed by atoms with E-state index >= 15 is 0 Å². The zero-order valence-corrected chi connectivity index (χ0v) is 13.9. The number of nitrogens with zero attached hydrogens (tertiary/aromatic N) is 2. The average Bonchev–Trinajstić information content (AvgIpc) is 3.06. The van der Waals surface area contributed by atoms with Crippen LogP contribution in [-0.4, -0.2) is 21.2 Å². The Morgan fingerprint density at radius 3 is 2.68 bits per heavy atom. The first-order valence-corrected chi connectivity index (χ1v) is 8.49. The Hall–Kier alpha value is -3.06. The third-order valence-corrected chi connectivity index (χ3v) is 4.79. The van der Waals surface area contributed by atoms with Gasteiger partial charge in [0.2, 0.25) is 0 Å². The van der Waals surface area contributed by atoms with Crippen LogP contribution in [0.15, 0.2) is 53.3 Å². The fourth-order valence-electron chi connectivity index (χ4n) is 2.62. The summed E-state index contributed by atoms with van der Waals surface area (Å²) in [6, 6.07) is 14.8. The smallest absolute Gasteiger partial charge is 0.312 e. The summed E-state index contributed by atoms with van der Waals surface area (Å²) in [7, 11) is 0. The monoisotopic (exact) mass is 351 g/mol. The number of esters is 1. The molecule has 0 unspecified atom stereocenters. The molecular formula is C18H13N3O3S. The van der Waals surface area contributed by atoms with E-state index in [1.54, 1.807) is 24.3 Å². The molecule has 2 heterocycles. The molecule has 7 heteroatoms. The third kappa shape index (κ3) is 3.14. The largest absolute Gasteiger partial charge is 0.458 e. The van der Waals surface area contributed by atoms with Gasteiger partial charge in [0, 0.05) is 5.39 Å². The maximum absolute atomic E-state index is 12.2. The molecule has 0 atom stereocenters. The van der Waals surface area contributed by atoms with Crippen LogP contribution < -0.4 is 5.56 Å². The van der Waals surface area contributed by atoms with Gasteiger partial charge in [-0.2, -0.15) is 5.10 Å². The molecule has 1 N–H and O–H groups in total. The number of H-pyrrole nitrogens is 1. The Morgan fingerprint density at radius 2 is 1.84 bits per heavy atom. The molecule has 124 valence electrons. The predicted molar refractivity (Wildman–Crippen MR) is 95.5 cm³/mol. The topological polar surface area (TPSA) is 84.9 Å². The van der Waals surface area contributed by atoms with Gasteiger partial charge in [-0.15, -0.1) is 11.3 Å². The van der Waals surface area contributed by atoms with Gasteiger partial charge in [-0.05, 0) is 18.2 Å². The highest BCUT2D eigenvalue weighted by atomic mass is 32.1. The lowest BCUT2D eigenvalue weighted by Crippen LogP contribution is -2.15. The third-order valence-electron chi connectivity index (χ3n) is 3.78. The van der Waals surface area contributed by atoms with Crippen molar-refractivity contribution < 1.29 is 9.53 Å². The first-order valence-electron chi connectivity index (χ1n) is 7.67. The Labute approximate surface area is 146 Å². The number of ether oxygens (including phenoxy) is 1. The van der Waals surface area contributed by atoms with Crippen molar-refractivity contribution in [3.8, 4) is 0 Å². The molecule has 0 aliphatic carbocycles. The molecule has 0 radical (unpaired) electrons. The summed E-state index contributed by atoms with van der Waals surface area (Å²) in [5.74, 6) is -0.413. The number of hydrogen-bond acceptors (Lipinski definition) is 6. The standard InChI is InChI=1S/C18H13N3O3S/c22-17(24-10-16-19-13-7-3-4-8-15(13)25-16)9-14-11-5-1-2-6-12(11)18(23)21-20-14/h1-8H,9-10H2,(H,21,23). The molecule has 0 fully saturated rings. The van der Waals surface area contributed by atoms with Gasteiger partial charge >= 0.3 is 5.97 Å². The summed E-state index contributed by atoms with van der Waals surface area (Å²) in [5.41, 5.74) is 1.11. The summed E-state index contributed by atoms with van der Waals surface area (Å²) in [5, 5.41) is 8.31. The van der Waals surface area contributed by atoms with E-state index in [2.05, 4.69) is 15.2 Å². The van der Waals surface area contributed by atoms with Gasteiger partial charge in [-0.1, -0.05) is 30.3 Å². The number of aromatic nitrogens is 3. The fraction of sp³-hybridized carbons (Fsp3) is 0.111. The molecule has 0 amide bonds. The Balaban J connectivity index is 1.49. The molecule has 0 aliphatic rings. The van der Waals surface area contributed by atoms with Crippen molar-refractivity contribution >= 4 is 38.3 Å². The molecule has 6 nitrogen and oxygen atoms in total. The van der Waals surface area contributed by atoms with Crippen molar-refractivity contribution in [2.45, 2.75) is 13.0 Å². The zero-order chi connectivity index (χ0) is 17.2. The van der Waals surface area contributed by atoms with Crippen molar-refractivity contribution in [3.63, 3.8) is 0 Å². The second-order valence-corrected chi connectivity index (χ2v) is 6.57. The highest BCUT2D eigenvalue weighted by Crippen LogP contribution is 2.22. The van der Waals surface area contributed by atoms with Crippen LogP contribution in [0, 0.1) is 0 Å². The fourth-order valence-corrected chi connectivity index (χ4v) is 3.50. The number of thiazole rings is 1. The van der Waals surface area contributed by atoms with Gasteiger partial charge in [0.25, 0.3) is 5.56 Å². The molecule has 0 aliphatic heterocycles. The average molecular weight is 351 g/mol. The van der Waals surface area contributed by atoms with E-state index < -0.39 is 5.97 Å². The SMILES string of the molecule is O=C(Cc1n[nH]c(=O)c2ccccc12)OCc1nc2ccccc2s1. The summed E-state index contributed by atoms with van der Waals surface area (Å²) >= 11 is 1.50. The van der Waals surface area contributed by atoms with E-state index in [1.165, 1.54) is 11.3 Å². The van der Waals surface area contributed by atoms with Crippen LogP contribution in [0.3, 0.4) is 0 Å². The van der Waals surface area contributed by atoms with Crippen LogP contribution in [0.25, 0.3) is 21.0 Å². The van der Waals surface area contributed by atoms with Gasteiger partial charge in [0.05, 0.1) is 27.7 Å². The van der Waals surface area contributed by atoms with Gasteiger partial charge in [-0.3, -0.25) is 9.59 Å². The highest BCUT2D eigenvalue weighted by Gasteiger charge is 2.13. The lowest BCUT2D eigenvalue weighted by atomic mass is 10.1. The van der Waals surface area contributed by atoms with Crippen LogP contribution in [0.2, 0.25) is 0 Å². The molecule has 0 bridgehead atoms. The van der Waals surface area contributed by atoms with Gasteiger partial charge in [-0.25, -0.2) is 10.1 Å². The Kier molecular flexibility index (Phi) is 3.99. The molecule has 2 aromatic carbocycles. The van der Waals surface area contributed by atoms with Crippen molar-refractivity contribution in [2.24, 2.45) is 0 Å². The maximum Gasteiger partial charge on any atom is 0.312 e. The first-order chi connectivity index (χ1) is 12.2. The summed E-state index contributed by atoms with van der Waals surface area (Å²) in [6.45, 7) is 0.124. The Bertz CT molecular complexity index is 1100. The molecule has 0 spiro atoms. The van der Waals surface area contributed by atoms with Crippen LogP contribution in [0.4, 0.5) is 0 Å². The minimum absolute atomic E-state index is 0.0117. The number of nitrogens with one attached hydrogen (secondary N) is 1. The first kappa shape index (κ1) is 15.5. The van der Waals surface area contributed by atoms with E-state index in [0.29, 0.717) is 16.5 Å². The quantitative estimate of drug-likeness (QED) is 0.572. The van der Waals surface area contributed by atoms with Gasteiger partial charge in [0.15, 0.2) is 0 Å². The second-order valence-electron chi connectivity index (χ2n) is 5.46. The summed E-state index contributed by atoms with van der Waals surface area (Å²) < 4.78 is 6.37. The number of aromatic amines is 1. The lowest BCUT2D eigenvalue weighted by Gasteiger charge is -2.05. The molecule has 4 aromatic rings. The van der Waals surface area contributed by atoms with Crippen molar-refractivity contribution in [1.82, 2.24) is 15.2 Å². The number of hydrogen-bond donors (Lipinski definition) is 1. The summed E-state index contributed by atoms with van der Waals surface area (Å²) in [6.07, 6.45) is -0.0117. The number of fused-ring (bicyclic) bond motifs is 2. The minimum Gasteiger partial charge on any atom is -0.458 e. The number of rotatable bonds is 4. The second kappa shape index (κ2) is 6.45. The number of benzene rings is 2. The van der Waals surface area contributed by atoms with Gasteiger partial charge < -0.3 is 4.74 Å². The van der Waals surface area contributed by atoms with Crippen LogP contribution in [0.5, 0.6) is 0 Å². The molecule has 2 aromatic heterocycles. The van der Waals surface area contributed by atoms with Crippen LogP contribution in [0.1, 0.15) is 10.7 Å². The lowest BCUT2D eigenvalue weighted by molar-refractivity contribution is -0.144. The van der Waals surface area contributed by atoms with E-state index in [-0.39, 0.29) is 18.6 Å². The zero-order valence-electron chi connectivity index (χ0n) is 13.1. The molecular weight excluding hydrogens is 338 g/mol. The Morgan fingerprint density at radius 1 is 1.08 bits per heavy atom.